The Morgan fingerprint density at radius 3 is 2.84 bits per heavy atom. The number of aryl methyl sites for hydroxylation is 2. The molecule has 19 heavy (non-hydrogen) atoms. The molecule has 0 fully saturated rings. The van der Waals surface area contributed by atoms with Crippen molar-refractivity contribution in [3.8, 4) is 0 Å². The minimum atomic E-state index is -0.00234. The van der Waals surface area contributed by atoms with Gasteiger partial charge in [-0.05, 0) is 36.1 Å². The van der Waals surface area contributed by atoms with E-state index < -0.39 is 0 Å². The monoisotopic (exact) mass is 279 g/mol. The number of hydrazine groups is 1. The summed E-state index contributed by atoms with van der Waals surface area (Å²) >= 11 is 5.90. The van der Waals surface area contributed by atoms with Crippen LogP contribution in [0.5, 0.6) is 0 Å². The Hall–Kier alpha value is -1.56. The van der Waals surface area contributed by atoms with Crippen molar-refractivity contribution < 1.29 is 0 Å². The van der Waals surface area contributed by atoms with Crippen LogP contribution in [-0.2, 0) is 13.5 Å². The van der Waals surface area contributed by atoms with Crippen LogP contribution in [0.25, 0.3) is 0 Å². The van der Waals surface area contributed by atoms with Crippen LogP contribution in [0.3, 0.4) is 0 Å². The number of hydrogen-bond donors (Lipinski definition) is 3. The standard InChI is InChI=1S/C13H18ClN5/c1-19-8-9(7-17-19)2-5-13(18-16)11-4-3-10(14)6-12(11)15/h3-4,6-8,13,18H,2,5,15-16H2,1H3. The van der Waals surface area contributed by atoms with Crippen LogP contribution in [0, 0.1) is 0 Å². The maximum atomic E-state index is 5.97. The van der Waals surface area contributed by atoms with Crippen LogP contribution in [0.4, 0.5) is 5.69 Å². The number of nitrogens with zero attached hydrogens (tertiary/aromatic N) is 2. The van der Waals surface area contributed by atoms with E-state index in [1.54, 1.807) is 10.7 Å². The molecule has 0 saturated carbocycles. The van der Waals surface area contributed by atoms with Crippen LogP contribution in [0.2, 0.25) is 5.02 Å². The lowest BCUT2D eigenvalue weighted by molar-refractivity contribution is 0.517. The van der Waals surface area contributed by atoms with Crippen molar-refractivity contribution in [2.45, 2.75) is 18.9 Å². The molecule has 0 radical (unpaired) electrons. The second-order valence-electron chi connectivity index (χ2n) is 4.55. The van der Waals surface area contributed by atoms with Crippen LogP contribution in [0.15, 0.2) is 30.6 Å². The van der Waals surface area contributed by atoms with Gasteiger partial charge in [-0.2, -0.15) is 5.10 Å². The Labute approximate surface area is 117 Å². The predicted molar refractivity (Wildman–Crippen MR) is 77.5 cm³/mol. The lowest BCUT2D eigenvalue weighted by Crippen LogP contribution is -2.29. The summed E-state index contributed by atoms with van der Waals surface area (Å²) in [6, 6.07) is 5.47. The molecule has 0 bridgehead atoms. The number of benzene rings is 1. The van der Waals surface area contributed by atoms with E-state index >= 15 is 0 Å². The van der Waals surface area contributed by atoms with Crippen LogP contribution in [-0.4, -0.2) is 9.78 Å². The smallest absolute Gasteiger partial charge is 0.0521 e. The maximum Gasteiger partial charge on any atom is 0.0521 e. The second-order valence-corrected chi connectivity index (χ2v) is 4.99. The van der Waals surface area contributed by atoms with Gasteiger partial charge >= 0.3 is 0 Å². The van der Waals surface area contributed by atoms with Gasteiger partial charge in [0, 0.05) is 30.0 Å². The average Bonchev–Trinajstić information content (AvgIpc) is 2.78. The lowest BCUT2D eigenvalue weighted by Gasteiger charge is -2.18. The molecule has 0 saturated heterocycles. The number of halogens is 1. The highest BCUT2D eigenvalue weighted by atomic mass is 35.5. The van der Waals surface area contributed by atoms with Gasteiger partial charge in [0.15, 0.2) is 0 Å². The van der Waals surface area contributed by atoms with Crippen LogP contribution < -0.4 is 17.0 Å². The molecule has 1 unspecified atom stereocenters. The molecule has 0 spiro atoms. The van der Waals surface area contributed by atoms with Crippen molar-refractivity contribution in [1.82, 2.24) is 15.2 Å². The SMILES string of the molecule is Cn1cc(CCC(NN)c2ccc(Cl)cc2N)cn1. The van der Waals surface area contributed by atoms with E-state index in [4.69, 9.17) is 23.2 Å². The molecule has 1 heterocycles. The first-order valence-electron chi connectivity index (χ1n) is 6.08. The molecule has 0 aliphatic carbocycles. The fourth-order valence-corrected chi connectivity index (χ4v) is 2.28. The van der Waals surface area contributed by atoms with Gasteiger partial charge in [0.05, 0.1) is 6.20 Å². The Morgan fingerprint density at radius 2 is 2.26 bits per heavy atom. The molecule has 2 rings (SSSR count). The molecular weight excluding hydrogens is 262 g/mol. The molecule has 1 aromatic carbocycles. The van der Waals surface area contributed by atoms with Crippen molar-refractivity contribution in [2.75, 3.05) is 5.73 Å². The zero-order valence-corrected chi connectivity index (χ0v) is 11.6. The molecule has 0 aliphatic rings. The van der Waals surface area contributed by atoms with E-state index in [2.05, 4.69) is 10.5 Å². The molecule has 2 aromatic rings. The minimum Gasteiger partial charge on any atom is -0.398 e. The summed E-state index contributed by atoms with van der Waals surface area (Å²) < 4.78 is 1.79. The molecular formula is C13H18ClN5. The third-order valence-corrected chi connectivity index (χ3v) is 3.34. The Bertz CT molecular complexity index is 552. The average molecular weight is 280 g/mol. The summed E-state index contributed by atoms with van der Waals surface area (Å²) in [5.41, 5.74) is 11.6. The van der Waals surface area contributed by atoms with Crippen molar-refractivity contribution in [2.24, 2.45) is 12.9 Å². The summed E-state index contributed by atoms with van der Waals surface area (Å²) in [6.07, 6.45) is 5.58. The summed E-state index contributed by atoms with van der Waals surface area (Å²) in [4.78, 5) is 0. The Balaban J connectivity index is 2.07. The summed E-state index contributed by atoms with van der Waals surface area (Å²) in [5, 5.41) is 4.77. The number of nitrogens with two attached hydrogens (primary N) is 2. The molecule has 6 heteroatoms. The van der Waals surface area contributed by atoms with Gasteiger partial charge in [0.25, 0.3) is 0 Å². The van der Waals surface area contributed by atoms with Gasteiger partial charge in [-0.1, -0.05) is 17.7 Å². The van der Waals surface area contributed by atoms with Crippen molar-refractivity contribution in [3.63, 3.8) is 0 Å². The summed E-state index contributed by atoms with van der Waals surface area (Å²) in [5.74, 6) is 5.62. The fraction of sp³-hybridized carbons (Fsp3) is 0.308. The molecule has 5 N–H and O–H groups in total. The zero-order chi connectivity index (χ0) is 13.8. The van der Waals surface area contributed by atoms with E-state index in [-0.39, 0.29) is 6.04 Å². The molecule has 5 nitrogen and oxygen atoms in total. The lowest BCUT2D eigenvalue weighted by atomic mass is 9.99. The number of rotatable bonds is 5. The van der Waals surface area contributed by atoms with Gasteiger partial charge in [-0.25, -0.2) is 0 Å². The van der Waals surface area contributed by atoms with Crippen molar-refractivity contribution >= 4 is 17.3 Å². The quantitative estimate of drug-likeness (QED) is 0.443. The molecule has 1 aromatic heterocycles. The van der Waals surface area contributed by atoms with Crippen LogP contribution >= 0.6 is 11.6 Å². The topological polar surface area (TPSA) is 81.9 Å². The first-order chi connectivity index (χ1) is 9.10. The third kappa shape index (κ3) is 3.47. The van der Waals surface area contributed by atoms with Gasteiger partial charge in [-0.3, -0.25) is 16.0 Å². The second kappa shape index (κ2) is 6.06. The fourth-order valence-electron chi connectivity index (χ4n) is 2.10. The Kier molecular flexibility index (Phi) is 4.42. The highest BCUT2D eigenvalue weighted by Crippen LogP contribution is 2.26. The summed E-state index contributed by atoms with van der Waals surface area (Å²) in [7, 11) is 1.90. The highest BCUT2D eigenvalue weighted by molar-refractivity contribution is 6.30. The van der Waals surface area contributed by atoms with E-state index in [9.17, 15) is 0 Å². The van der Waals surface area contributed by atoms with Gasteiger partial charge in [-0.15, -0.1) is 0 Å². The first-order valence-corrected chi connectivity index (χ1v) is 6.46. The van der Waals surface area contributed by atoms with E-state index in [0.29, 0.717) is 10.7 Å². The molecule has 0 aliphatic heterocycles. The molecule has 0 amide bonds. The third-order valence-electron chi connectivity index (χ3n) is 3.11. The van der Waals surface area contributed by atoms with E-state index in [0.717, 1.165) is 18.4 Å². The first kappa shape index (κ1) is 13.9. The van der Waals surface area contributed by atoms with E-state index in [1.165, 1.54) is 5.56 Å². The van der Waals surface area contributed by atoms with Gasteiger partial charge < -0.3 is 5.73 Å². The zero-order valence-electron chi connectivity index (χ0n) is 10.8. The maximum absolute atomic E-state index is 5.97. The van der Waals surface area contributed by atoms with Gasteiger partial charge in [0.1, 0.15) is 0 Å². The number of hydrogen-bond acceptors (Lipinski definition) is 4. The van der Waals surface area contributed by atoms with Crippen molar-refractivity contribution in [1.29, 1.82) is 0 Å². The Morgan fingerprint density at radius 1 is 1.47 bits per heavy atom. The molecule has 1 atom stereocenters. The predicted octanol–water partition coefficient (Wildman–Crippen LogP) is 1.79. The highest BCUT2D eigenvalue weighted by Gasteiger charge is 2.13. The number of anilines is 1. The molecule has 102 valence electrons. The van der Waals surface area contributed by atoms with Crippen molar-refractivity contribution in [3.05, 3.63) is 46.7 Å². The van der Waals surface area contributed by atoms with E-state index in [1.807, 2.05) is 31.6 Å². The minimum absolute atomic E-state index is 0.00234. The largest absolute Gasteiger partial charge is 0.398 e. The number of aromatic nitrogens is 2. The normalized spacial score (nSPS) is 12.6. The number of nitrogens with one attached hydrogen (secondary N) is 1. The van der Waals surface area contributed by atoms with Crippen LogP contribution in [0.1, 0.15) is 23.6 Å². The van der Waals surface area contributed by atoms with Gasteiger partial charge in [0.2, 0.25) is 0 Å². The summed E-state index contributed by atoms with van der Waals surface area (Å²) in [6.45, 7) is 0. The number of nitrogen functional groups attached to an aromatic ring is 1.